The molecule has 0 amide bonds. The monoisotopic (exact) mass is 277 g/mol. The van der Waals surface area contributed by atoms with E-state index in [-0.39, 0.29) is 4.70 Å². The molecular weight excluding hydrogens is 264 g/mol. The van der Waals surface area contributed by atoms with Gasteiger partial charge in [-0.1, -0.05) is 20.8 Å². The molecule has 18 heavy (non-hydrogen) atoms. The van der Waals surface area contributed by atoms with Gasteiger partial charge in [0.25, 0.3) is 0 Å². The van der Waals surface area contributed by atoms with Crippen molar-refractivity contribution in [2.75, 3.05) is 0 Å². The Labute approximate surface area is 105 Å². The lowest BCUT2D eigenvalue weighted by Gasteiger charge is -2.13. The van der Waals surface area contributed by atoms with E-state index in [9.17, 15) is 17.6 Å². The fourth-order valence-corrected chi connectivity index (χ4v) is 4.08. The van der Waals surface area contributed by atoms with E-state index in [1.807, 2.05) is 0 Å². The van der Waals surface area contributed by atoms with Crippen LogP contribution in [0, 0.1) is 5.82 Å². The van der Waals surface area contributed by atoms with Gasteiger partial charge in [0.15, 0.2) is 9.58 Å². The van der Waals surface area contributed by atoms with Gasteiger partial charge in [-0.3, -0.25) is 0 Å². The minimum absolute atomic E-state index is 0.0485. The number of rotatable bonds is 0. The molecule has 5 heteroatoms. The summed E-state index contributed by atoms with van der Waals surface area (Å²) in [6.07, 6.45) is 0. The Bertz CT molecular complexity index is 587. The third-order valence-corrected chi connectivity index (χ3v) is 5.10. The van der Waals surface area contributed by atoms with Crippen molar-refractivity contribution >= 4 is 20.6 Å². The Kier molecular flexibility index (Phi) is 2.93. The summed E-state index contributed by atoms with van der Waals surface area (Å²) in [4.78, 5) is 0.315. The number of benzene rings is 1. The first-order valence-electron chi connectivity index (χ1n) is 5.43. The van der Waals surface area contributed by atoms with Gasteiger partial charge in [-0.25, -0.2) is 4.39 Å². The maximum absolute atomic E-state index is 13.2. The van der Waals surface area contributed by atoms with Gasteiger partial charge in [-0.05, 0) is 12.1 Å². The van der Waals surface area contributed by atoms with Crippen LogP contribution < -0.4 is 0 Å². The second kappa shape index (κ2) is 3.95. The molecule has 0 spiro atoms. The highest BCUT2D eigenvalue weighted by Gasteiger charge is 2.50. The topological polar surface area (TPSA) is 0 Å². The first-order chi connectivity index (χ1) is 8.10. The third kappa shape index (κ3) is 2.23. The number of thiophene rings is 1. The highest BCUT2D eigenvalue weighted by molar-refractivity contribution is 7.38. The Balaban J connectivity index is 2.87. The van der Waals surface area contributed by atoms with Crippen LogP contribution in [0.15, 0.2) is 24.3 Å². The fourth-order valence-electron chi connectivity index (χ4n) is 1.89. The van der Waals surface area contributed by atoms with Crippen molar-refractivity contribution < 1.29 is 17.6 Å². The standard InChI is InChI=1S/C13H13F4S/c1-12(2,3)11-6-8-4-5-9(14)7-10(8)18(11)13(15,16)17/h4-7H,1-3H3/q+1. The molecule has 1 aromatic heterocycles. The predicted molar refractivity (Wildman–Crippen MR) is 66.4 cm³/mol. The molecule has 0 bridgehead atoms. The number of alkyl halides is 3. The summed E-state index contributed by atoms with van der Waals surface area (Å²) < 4.78 is 52.8. The van der Waals surface area contributed by atoms with E-state index in [0.29, 0.717) is 10.3 Å². The van der Waals surface area contributed by atoms with Crippen molar-refractivity contribution in [3.8, 4) is 0 Å². The molecule has 1 atom stereocenters. The lowest BCUT2D eigenvalue weighted by Crippen LogP contribution is -2.12. The van der Waals surface area contributed by atoms with Crippen molar-refractivity contribution in [1.29, 1.82) is 0 Å². The molecule has 2 rings (SSSR count). The lowest BCUT2D eigenvalue weighted by atomic mass is 9.94. The van der Waals surface area contributed by atoms with Gasteiger partial charge in [-0.2, -0.15) is 0 Å². The van der Waals surface area contributed by atoms with Crippen molar-refractivity contribution in [1.82, 2.24) is 0 Å². The van der Waals surface area contributed by atoms with Gasteiger partial charge in [0.2, 0.25) is 0 Å². The van der Waals surface area contributed by atoms with Gasteiger partial charge in [0, 0.05) is 22.9 Å². The van der Waals surface area contributed by atoms with E-state index < -0.39 is 27.2 Å². The van der Waals surface area contributed by atoms with E-state index >= 15 is 0 Å². The van der Waals surface area contributed by atoms with Crippen LogP contribution >= 0.6 is 10.5 Å². The van der Waals surface area contributed by atoms with Crippen molar-refractivity contribution in [3.63, 3.8) is 0 Å². The molecule has 1 unspecified atom stereocenters. The SMILES string of the molecule is CC(C)(C)c1cc2ccc(F)cc2[s+]1C(F)(F)F. The average molecular weight is 277 g/mol. The summed E-state index contributed by atoms with van der Waals surface area (Å²) in [6, 6.07) is 5.15. The Morgan fingerprint density at radius 3 is 2.11 bits per heavy atom. The minimum Gasteiger partial charge on any atom is -0.207 e. The molecule has 98 valence electrons. The molecule has 0 aliphatic heterocycles. The fraction of sp³-hybridized carbons (Fsp3) is 0.385. The maximum atomic E-state index is 13.2. The van der Waals surface area contributed by atoms with Crippen LogP contribution in [0.25, 0.3) is 10.1 Å². The minimum atomic E-state index is -4.36. The third-order valence-electron chi connectivity index (χ3n) is 2.67. The van der Waals surface area contributed by atoms with Crippen molar-refractivity contribution in [3.05, 3.63) is 35.0 Å². The van der Waals surface area contributed by atoms with Gasteiger partial charge >= 0.3 is 5.51 Å². The van der Waals surface area contributed by atoms with Crippen LogP contribution in [0.4, 0.5) is 17.6 Å². The summed E-state index contributed by atoms with van der Waals surface area (Å²) in [5.41, 5.74) is -4.95. The predicted octanol–water partition coefficient (Wildman–Crippen LogP) is 5.50. The molecule has 0 nitrogen and oxygen atoms in total. The van der Waals surface area contributed by atoms with E-state index in [0.717, 1.165) is 6.07 Å². The van der Waals surface area contributed by atoms with Crippen molar-refractivity contribution in [2.24, 2.45) is 0 Å². The number of halogens is 4. The normalized spacial score (nSPS) is 14.3. The number of hydrogen-bond donors (Lipinski definition) is 0. The number of hydrogen-bond acceptors (Lipinski definition) is 0. The largest absolute Gasteiger partial charge is 0.600 e. The molecule has 0 radical (unpaired) electrons. The molecule has 0 aliphatic rings. The van der Waals surface area contributed by atoms with Crippen LogP contribution in [0.5, 0.6) is 0 Å². The summed E-state index contributed by atoms with van der Waals surface area (Å²) in [5.74, 6) is -0.626. The molecule has 1 heterocycles. The Morgan fingerprint density at radius 1 is 1.00 bits per heavy atom. The molecule has 0 N–H and O–H groups in total. The molecule has 0 aliphatic carbocycles. The molecular formula is C13H13F4S+. The molecule has 0 saturated heterocycles. The van der Waals surface area contributed by atoms with Crippen molar-refractivity contribution in [2.45, 2.75) is 31.7 Å². The smallest absolute Gasteiger partial charge is 0.207 e. The van der Waals surface area contributed by atoms with E-state index in [2.05, 4.69) is 0 Å². The molecule has 0 fully saturated rings. The van der Waals surface area contributed by atoms with Crippen LogP contribution in [-0.4, -0.2) is 0 Å². The van der Waals surface area contributed by atoms with Crippen LogP contribution in [-0.2, 0) is 10.9 Å². The zero-order chi connectivity index (χ0) is 13.7. The zero-order valence-electron chi connectivity index (χ0n) is 10.2. The Morgan fingerprint density at radius 2 is 1.61 bits per heavy atom. The molecule has 0 saturated carbocycles. The van der Waals surface area contributed by atoms with E-state index in [1.165, 1.54) is 12.1 Å². The summed E-state index contributed by atoms with van der Waals surface area (Å²) >= 11 is 0. The quantitative estimate of drug-likeness (QED) is 0.440. The average Bonchev–Trinajstić information content (AvgIpc) is 2.54. The Hall–Kier alpha value is -1.10. The first kappa shape index (κ1) is 13.3. The van der Waals surface area contributed by atoms with Crippen LogP contribution in [0.1, 0.15) is 25.6 Å². The molecule has 1 aromatic carbocycles. The summed E-state index contributed by atoms with van der Waals surface area (Å²) in [5, 5.41) is 0.474. The van der Waals surface area contributed by atoms with Gasteiger partial charge in [-0.15, -0.1) is 13.2 Å². The highest BCUT2D eigenvalue weighted by Crippen LogP contribution is 2.54. The summed E-state index contributed by atoms with van der Waals surface area (Å²) in [6.45, 7) is 5.23. The number of fused-ring (bicyclic) bond motifs is 1. The molecule has 2 aromatic rings. The van der Waals surface area contributed by atoms with Gasteiger partial charge < -0.3 is 0 Å². The van der Waals surface area contributed by atoms with Crippen LogP contribution in [0.2, 0.25) is 0 Å². The second-order valence-electron chi connectivity index (χ2n) is 5.19. The van der Waals surface area contributed by atoms with Crippen LogP contribution in [0.3, 0.4) is 0 Å². The van der Waals surface area contributed by atoms with E-state index in [1.54, 1.807) is 26.8 Å². The van der Waals surface area contributed by atoms with E-state index in [4.69, 9.17) is 0 Å². The first-order valence-corrected chi connectivity index (χ1v) is 6.66. The highest BCUT2D eigenvalue weighted by atomic mass is 32.2. The maximum Gasteiger partial charge on any atom is 0.600 e. The van der Waals surface area contributed by atoms with Gasteiger partial charge in [0.1, 0.15) is 5.82 Å². The summed E-state index contributed by atoms with van der Waals surface area (Å²) in [7, 11) is -2.02. The lowest BCUT2D eigenvalue weighted by molar-refractivity contribution is -0.0869. The zero-order valence-corrected chi connectivity index (χ0v) is 11.0. The van der Waals surface area contributed by atoms with Gasteiger partial charge in [0.05, 0.1) is 10.5 Å². The second-order valence-corrected chi connectivity index (χ2v) is 7.15.